The van der Waals surface area contributed by atoms with Gasteiger partial charge in [-0.1, -0.05) is 42.5 Å². The molecule has 2 aromatic rings. The van der Waals surface area contributed by atoms with E-state index in [0.717, 1.165) is 17.8 Å². The van der Waals surface area contributed by atoms with Gasteiger partial charge in [0.2, 0.25) is 0 Å². The minimum Gasteiger partial charge on any atom is -0.150 e. The van der Waals surface area contributed by atoms with Gasteiger partial charge >= 0.3 is 0 Å². The third-order valence-electron chi connectivity index (χ3n) is 6.34. The van der Waals surface area contributed by atoms with E-state index in [1.54, 1.807) is 19.3 Å². The number of thioether (sulfide) groups is 1. The SMILES string of the molecule is c1ccc2cc(CSC34CC5CC(CC(C5)C3)C4)ccc2c1. The Morgan fingerprint density at radius 3 is 2.14 bits per heavy atom. The van der Waals surface area contributed by atoms with Crippen molar-refractivity contribution >= 4 is 22.5 Å². The molecule has 0 saturated heterocycles. The third kappa shape index (κ3) is 2.29. The largest absolute Gasteiger partial charge is 0.150 e. The zero-order chi connectivity index (χ0) is 14.6. The molecule has 0 radical (unpaired) electrons. The maximum absolute atomic E-state index is 2.41. The molecule has 4 aliphatic rings. The molecule has 0 spiro atoms. The van der Waals surface area contributed by atoms with Crippen LogP contribution in [0.1, 0.15) is 44.1 Å². The second-order valence-electron chi connectivity index (χ2n) is 8.07. The van der Waals surface area contributed by atoms with Gasteiger partial charge < -0.3 is 0 Å². The van der Waals surface area contributed by atoms with Crippen molar-refractivity contribution in [1.29, 1.82) is 0 Å². The van der Waals surface area contributed by atoms with Crippen LogP contribution in [-0.2, 0) is 5.75 Å². The molecule has 4 fully saturated rings. The van der Waals surface area contributed by atoms with E-state index in [4.69, 9.17) is 0 Å². The van der Waals surface area contributed by atoms with Crippen molar-refractivity contribution in [2.75, 3.05) is 0 Å². The topological polar surface area (TPSA) is 0 Å². The molecule has 114 valence electrons. The summed E-state index contributed by atoms with van der Waals surface area (Å²) < 4.78 is 0.639. The fraction of sp³-hybridized carbons (Fsp3) is 0.524. The number of fused-ring (bicyclic) bond motifs is 1. The van der Waals surface area contributed by atoms with Crippen molar-refractivity contribution in [2.24, 2.45) is 17.8 Å². The second-order valence-corrected chi connectivity index (χ2v) is 9.51. The monoisotopic (exact) mass is 308 g/mol. The Morgan fingerprint density at radius 1 is 0.818 bits per heavy atom. The summed E-state index contributed by atoms with van der Waals surface area (Å²) in [5.41, 5.74) is 1.51. The van der Waals surface area contributed by atoms with Gasteiger partial charge in [0.15, 0.2) is 0 Å². The third-order valence-corrected chi connectivity index (χ3v) is 7.93. The molecule has 4 bridgehead atoms. The lowest BCUT2D eigenvalue weighted by Crippen LogP contribution is -2.48. The van der Waals surface area contributed by atoms with Gasteiger partial charge in [0.05, 0.1) is 0 Å². The smallest absolute Gasteiger partial charge is 0.0190 e. The van der Waals surface area contributed by atoms with Crippen molar-refractivity contribution in [2.45, 2.75) is 49.0 Å². The molecular formula is C21H24S. The van der Waals surface area contributed by atoms with Crippen LogP contribution in [0, 0.1) is 17.8 Å². The maximum atomic E-state index is 2.41. The standard InChI is InChI=1S/C21H24S/c1-2-4-20-10-15(5-6-19(20)3-1)14-22-21-11-16-7-17(12-21)9-18(8-16)13-21/h1-6,10,16-18H,7-9,11-14H2. The number of benzene rings is 2. The summed E-state index contributed by atoms with van der Waals surface area (Å²) in [6, 6.07) is 15.8. The minimum atomic E-state index is 0.639. The quantitative estimate of drug-likeness (QED) is 0.666. The van der Waals surface area contributed by atoms with Crippen LogP contribution in [0.5, 0.6) is 0 Å². The summed E-state index contributed by atoms with van der Waals surface area (Å²) in [6.45, 7) is 0. The van der Waals surface area contributed by atoms with Crippen LogP contribution < -0.4 is 0 Å². The molecule has 4 saturated carbocycles. The highest BCUT2D eigenvalue weighted by molar-refractivity contribution is 7.99. The molecule has 4 aliphatic carbocycles. The minimum absolute atomic E-state index is 0.639. The molecule has 0 unspecified atom stereocenters. The van der Waals surface area contributed by atoms with E-state index in [-0.39, 0.29) is 0 Å². The van der Waals surface area contributed by atoms with Crippen LogP contribution in [0.15, 0.2) is 42.5 Å². The van der Waals surface area contributed by atoms with Crippen LogP contribution in [0.4, 0.5) is 0 Å². The highest BCUT2D eigenvalue weighted by Gasteiger charge is 2.50. The summed E-state index contributed by atoms with van der Waals surface area (Å²) >= 11 is 2.30. The maximum Gasteiger partial charge on any atom is 0.0190 e. The van der Waals surface area contributed by atoms with Crippen molar-refractivity contribution in [1.82, 2.24) is 0 Å². The first-order valence-corrected chi connectivity index (χ1v) is 9.88. The zero-order valence-electron chi connectivity index (χ0n) is 13.1. The molecule has 0 aliphatic heterocycles. The van der Waals surface area contributed by atoms with E-state index in [2.05, 4.69) is 54.2 Å². The van der Waals surface area contributed by atoms with Gasteiger partial charge in [0.1, 0.15) is 0 Å². The van der Waals surface area contributed by atoms with Crippen LogP contribution in [0.2, 0.25) is 0 Å². The van der Waals surface area contributed by atoms with Crippen LogP contribution in [0.25, 0.3) is 10.8 Å². The number of rotatable bonds is 3. The van der Waals surface area contributed by atoms with Gasteiger partial charge in [-0.3, -0.25) is 0 Å². The lowest BCUT2D eigenvalue weighted by atomic mass is 9.56. The van der Waals surface area contributed by atoms with Gasteiger partial charge in [0, 0.05) is 10.5 Å². The van der Waals surface area contributed by atoms with E-state index < -0.39 is 0 Å². The molecule has 0 heterocycles. The van der Waals surface area contributed by atoms with Gasteiger partial charge in [-0.15, -0.1) is 0 Å². The molecular weight excluding hydrogens is 284 g/mol. The van der Waals surface area contributed by atoms with Crippen molar-refractivity contribution in [3.05, 3.63) is 48.0 Å². The molecule has 6 rings (SSSR count). The van der Waals surface area contributed by atoms with E-state index in [9.17, 15) is 0 Å². The molecule has 0 aromatic heterocycles. The first-order valence-electron chi connectivity index (χ1n) is 8.90. The molecule has 1 heteroatoms. The molecule has 0 atom stereocenters. The summed E-state index contributed by atoms with van der Waals surface area (Å²) in [4.78, 5) is 0. The van der Waals surface area contributed by atoms with Gasteiger partial charge in [-0.2, -0.15) is 11.8 Å². The normalized spacial score (nSPS) is 36.1. The molecule has 2 aromatic carbocycles. The summed E-state index contributed by atoms with van der Waals surface area (Å²) in [6.07, 6.45) is 9.19. The van der Waals surface area contributed by atoms with Crippen LogP contribution in [-0.4, -0.2) is 4.75 Å². The highest BCUT2D eigenvalue weighted by atomic mass is 32.2. The fourth-order valence-electron chi connectivity index (χ4n) is 5.77. The Hall–Kier alpha value is -0.950. The Bertz CT molecular complexity index is 667. The first kappa shape index (κ1) is 13.5. The average Bonchev–Trinajstić information content (AvgIpc) is 2.52. The van der Waals surface area contributed by atoms with Crippen molar-refractivity contribution in [3.8, 4) is 0 Å². The van der Waals surface area contributed by atoms with Gasteiger partial charge in [-0.05, 0) is 72.6 Å². The predicted molar refractivity (Wildman–Crippen MR) is 96.1 cm³/mol. The summed E-state index contributed by atoms with van der Waals surface area (Å²) in [5, 5.41) is 2.76. The Kier molecular flexibility index (Phi) is 3.08. The van der Waals surface area contributed by atoms with E-state index in [1.165, 1.54) is 41.4 Å². The van der Waals surface area contributed by atoms with E-state index >= 15 is 0 Å². The Labute approximate surface area is 137 Å². The van der Waals surface area contributed by atoms with Gasteiger partial charge in [0.25, 0.3) is 0 Å². The Balaban J connectivity index is 1.35. The molecule has 0 amide bonds. The lowest BCUT2D eigenvalue weighted by Gasteiger charge is -2.56. The lowest BCUT2D eigenvalue weighted by molar-refractivity contribution is 0.0383. The second kappa shape index (κ2) is 5.03. The molecule has 22 heavy (non-hydrogen) atoms. The fourth-order valence-corrected chi connectivity index (χ4v) is 7.49. The zero-order valence-corrected chi connectivity index (χ0v) is 13.9. The average molecular weight is 308 g/mol. The first-order chi connectivity index (χ1) is 10.8. The molecule has 0 nitrogen and oxygen atoms in total. The van der Waals surface area contributed by atoms with E-state index in [1.807, 2.05) is 0 Å². The molecule has 0 N–H and O–H groups in total. The number of hydrogen-bond acceptors (Lipinski definition) is 1. The predicted octanol–water partition coefficient (Wildman–Crippen LogP) is 6.04. The Morgan fingerprint density at radius 2 is 1.45 bits per heavy atom. The van der Waals surface area contributed by atoms with Crippen LogP contribution >= 0.6 is 11.8 Å². The van der Waals surface area contributed by atoms with Crippen molar-refractivity contribution in [3.63, 3.8) is 0 Å². The highest BCUT2D eigenvalue weighted by Crippen LogP contribution is 2.61. The van der Waals surface area contributed by atoms with E-state index in [0.29, 0.717) is 4.75 Å². The summed E-state index contributed by atoms with van der Waals surface area (Å²) in [7, 11) is 0. The van der Waals surface area contributed by atoms with Gasteiger partial charge in [-0.25, -0.2) is 0 Å². The summed E-state index contributed by atoms with van der Waals surface area (Å²) in [5.74, 6) is 4.40. The number of hydrogen-bond donors (Lipinski definition) is 0. The van der Waals surface area contributed by atoms with Crippen LogP contribution in [0.3, 0.4) is 0 Å². The van der Waals surface area contributed by atoms with Crippen molar-refractivity contribution < 1.29 is 0 Å².